The highest BCUT2D eigenvalue weighted by atomic mass is 35.5. The lowest BCUT2D eigenvalue weighted by atomic mass is 9.92. The molecule has 0 aromatic heterocycles. The molecule has 0 radical (unpaired) electrons. The van der Waals surface area contributed by atoms with Crippen LogP contribution in [-0.2, 0) is 21.6 Å². The van der Waals surface area contributed by atoms with Gasteiger partial charge in [-0.25, -0.2) is 9.59 Å². The first kappa shape index (κ1) is 19.2. The highest BCUT2D eigenvalue weighted by Gasteiger charge is 2.49. The topological polar surface area (TPSA) is 75.7 Å². The number of imide groups is 1. The maximum absolute atomic E-state index is 13.0. The van der Waals surface area contributed by atoms with Crippen LogP contribution < -0.4 is 5.32 Å². The number of urea groups is 1. The number of amides is 3. The summed E-state index contributed by atoms with van der Waals surface area (Å²) in [5, 5.41) is 3.38. The quantitative estimate of drug-likeness (QED) is 0.619. The van der Waals surface area contributed by atoms with E-state index in [-0.39, 0.29) is 6.54 Å². The molecule has 140 valence electrons. The van der Waals surface area contributed by atoms with Crippen LogP contribution in [0.4, 0.5) is 4.79 Å². The number of benzene rings is 2. The van der Waals surface area contributed by atoms with Crippen LogP contribution in [0.25, 0.3) is 0 Å². The molecule has 0 saturated carbocycles. The summed E-state index contributed by atoms with van der Waals surface area (Å²) in [5.74, 6) is -0.855. The summed E-state index contributed by atoms with van der Waals surface area (Å²) in [5.41, 5.74) is 0.388. The Hall–Kier alpha value is -2.57. The molecule has 6 nitrogen and oxygen atoms in total. The van der Waals surface area contributed by atoms with Crippen LogP contribution in [0.5, 0.6) is 0 Å². The zero-order chi connectivity index (χ0) is 19.8. The summed E-state index contributed by atoms with van der Waals surface area (Å²) in [4.78, 5) is 38.0. The molecule has 1 heterocycles. The molecule has 3 amide bonds. The molecule has 27 heavy (non-hydrogen) atoms. The van der Waals surface area contributed by atoms with E-state index in [0.29, 0.717) is 26.7 Å². The van der Waals surface area contributed by atoms with Crippen LogP contribution in [0.15, 0.2) is 42.5 Å². The monoisotopic (exact) mass is 406 g/mol. The molecule has 1 unspecified atom stereocenters. The van der Waals surface area contributed by atoms with Gasteiger partial charge in [-0.2, -0.15) is 0 Å². The van der Waals surface area contributed by atoms with Gasteiger partial charge < -0.3 is 10.1 Å². The van der Waals surface area contributed by atoms with Crippen molar-refractivity contribution in [3.63, 3.8) is 0 Å². The van der Waals surface area contributed by atoms with E-state index in [0.717, 1.165) is 4.90 Å². The van der Waals surface area contributed by atoms with Gasteiger partial charge in [-0.05, 0) is 42.3 Å². The van der Waals surface area contributed by atoms with Crippen LogP contribution in [0.2, 0.25) is 10.0 Å². The van der Waals surface area contributed by atoms with E-state index in [1.54, 1.807) is 49.4 Å². The fourth-order valence-electron chi connectivity index (χ4n) is 2.89. The number of hydrogen-bond acceptors (Lipinski definition) is 4. The second-order valence-electron chi connectivity index (χ2n) is 6.26. The largest absolute Gasteiger partial charge is 0.465 e. The number of esters is 1. The highest BCUT2D eigenvalue weighted by Crippen LogP contribution is 2.33. The lowest BCUT2D eigenvalue weighted by molar-refractivity contribution is -0.131. The predicted octanol–water partition coefficient (Wildman–Crippen LogP) is 3.75. The van der Waals surface area contributed by atoms with Crippen molar-refractivity contribution in [2.75, 3.05) is 7.11 Å². The number of methoxy groups -OCH3 is 1. The number of nitrogens with one attached hydrogen (secondary N) is 1. The molecule has 1 N–H and O–H groups in total. The van der Waals surface area contributed by atoms with Gasteiger partial charge in [0, 0.05) is 0 Å². The molecule has 8 heteroatoms. The number of hydrogen-bond donors (Lipinski definition) is 1. The maximum atomic E-state index is 13.0. The summed E-state index contributed by atoms with van der Waals surface area (Å²) >= 11 is 12.0. The fourth-order valence-corrected chi connectivity index (χ4v) is 3.19. The first-order chi connectivity index (χ1) is 12.8. The number of carbonyl (C=O) groups is 3. The third-order valence-electron chi connectivity index (χ3n) is 4.49. The number of nitrogens with zero attached hydrogens (tertiary/aromatic N) is 1. The van der Waals surface area contributed by atoms with Crippen molar-refractivity contribution in [1.82, 2.24) is 10.2 Å². The summed E-state index contributed by atoms with van der Waals surface area (Å²) in [6.07, 6.45) is 0. The Bertz CT molecular complexity index is 930. The van der Waals surface area contributed by atoms with Gasteiger partial charge in [-0.15, -0.1) is 0 Å². The normalized spacial score (nSPS) is 19.2. The van der Waals surface area contributed by atoms with Crippen LogP contribution in [0.1, 0.15) is 28.4 Å². The van der Waals surface area contributed by atoms with Crippen molar-refractivity contribution in [3.05, 3.63) is 69.2 Å². The molecule has 0 aliphatic carbocycles. The predicted molar refractivity (Wildman–Crippen MR) is 101 cm³/mol. The van der Waals surface area contributed by atoms with Crippen molar-refractivity contribution in [2.45, 2.75) is 19.0 Å². The first-order valence-electron chi connectivity index (χ1n) is 8.03. The first-order valence-corrected chi connectivity index (χ1v) is 8.79. The Balaban J connectivity index is 1.83. The van der Waals surface area contributed by atoms with E-state index in [4.69, 9.17) is 23.2 Å². The number of rotatable bonds is 4. The summed E-state index contributed by atoms with van der Waals surface area (Å²) in [6, 6.07) is 10.8. The Kier molecular flexibility index (Phi) is 5.13. The second-order valence-corrected chi connectivity index (χ2v) is 7.08. The van der Waals surface area contributed by atoms with Crippen molar-refractivity contribution >= 4 is 41.1 Å². The van der Waals surface area contributed by atoms with Crippen molar-refractivity contribution in [3.8, 4) is 0 Å². The van der Waals surface area contributed by atoms with Gasteiger partial charge in [0.1, 0.15) is 5.54 Å². The van der Waals surface area contributed by atoms with Crippen molar-refractivity contribution in [2.24, 2.45) is 0 Å². The van der Waals surface area contributed by atoms with E-state index in [9.17, 15) is 14.4 Å². The van der Waals surface area contributed by atoms with Crippen LogP contribution in [0.3, 0.4) is 0 Å². The molecule has 3 rings (SSSR count). The van der Waals surface area contributed by atoms with E-state index < -0.39 is 23.4 Å². The maximum Gasteiger partial charge on any atom is 0.337 e. The van der Waals surface area contributed by atoms with Gasteiger partial charge >= 0.3 is 12.0 Å². The van der Waals surface area contributed by atoms with Crippen molar-refractivity contribution < 1.29 is 19.1 Å². The van der Waals surface area contributed by atoms with E-state index in [2.05, 4.69) is 10.1 Å². The Labute approximate surface area is 166 Å². The molecule has 2 aromatic carbocycles. The zero-order valence-corrected chi connectivity index (χ0v) is 16.1. The molecular formula is C19H16Cl2N2O4. The van der Waals surface area contributed by atoms with E-state index >= 15 is 0 Å². The number of carbonyl (C=O) groups excluding carboxylic acids is 3. The molecule has 0 spiro atoms. The molecule has 1 aliphatic heterocycles. The molecule has 1 saturated heterocycles. The lowest BCUT2D eigenvalue weighted by Gasteiger charge is -2.22. The second kappa shape index (κ2) is 7.21. The molecule has 1 atom stereocenters. The minimum absolute atomic E-state index is 0.0725. The van der Waals surface area contributed by atoms with Gasteiger partial charge in [-0.3, -0.25) is 9.69 Å². The molecule has 2 aromatic rings. The third-order valence-corrected chi connectivity index (χ3v) is 5.23. The molecule has 1 aliphatic rings. The highest BCUT2D eigenvalue weighted by molar-refractivity contribution is 6.42. The SMILES string of the molecule is COC(=O)c1ccc(CN2C(=O)NC(C)(c3ccc(Cl)c(Cl)c3)C2=O)cc1. The van der Waals surface area contributed by atoms with Crippen molar-refractivity contribution in [1.29, 1.82) is 0 Å². The molecular weight excluding hydrogens is 391 g/mol. The van der Waals surface area contributed by atoms with E-state index in [1.807, 2.05) is 0 Å². The molecule has 1 fully saturated rings. The number of halogens is 2. The van der Waals surface area contributed by atoms with Gasteiger partial charge in [0.2, 0.25) is 0 Å². The Morgan fingerprint density at radius 2 is 1.78 bits per heavy atom. The zero-order valence-electron chi connectivity index (χ0n) is 14.6. The van der Waals surface area contributed by atoms with Crippen LogP contribution in [-0.4, -0.2) is 29.9 Å². The lowest BCUT2D eigenvalue weighted by Crippen LogP contribution is -2.40. The van der Waals surface area contributed by atoms with Gasteiger partial charge in [0.15, 0.2) is 0 Å². The minimum atomic E-state index is -1.24. The summed E-state index contributed by atoms with van der Waals surface area (Å²) in [7, 11) is 1.30. The minimum Gasteiger partial charge on any atom is -0.465 e. The molecule has 0 bridgehead atoms. The summed E-state index contributed by atoms with van der Waals surface area (Å²) < 4.78 is 4.65. The Morgan fingerprint density at radius 1 is 1.11 bits per heavy atom. The van der Waals surface area contributed by atoms with Crippen LogP contribution >= 0.6 is 23.2 Å². The standard InChI is InChI=1S/C19H16Cl2N2O4/c1-19(13-7-8-14(20)15(21)9-13)17(25)23(18(26)22-19)10-11-3-5-12(6-4-11)16(24)27-2/h3-9H,10H2,1-2H3,(H,22,26). The average Bonchev–Trinajstić information content (AvgIpc) is 2.88. The van der Waals surface area contributed by atoms with E-state index in [1.165, 1.54) is 7.11 Å². The van der Waals surface area contributed by atoms with Gasteiger partial charge in [0.25, 0.3) is 5.91 Å². The number of ether oxygens (including phenoxy) is 1. The van der Waals surface area contributed by atoms with Gasteiger partial charge in [-0.1, -0.05) is 41.4 Å². The smallest absolute Gasteiger partial charge is 0.337 e. The van der Waals surface area contributed by atoms with Crippen LogP contribution in [0, 0.1) is 0 Å². The fraction of sp³-hybridized carbons (Fsp3) is 0.211. The van der Waals surface area contributed by atoms with Gasteiger partial charge in [0.05, 0.1) is 29.3 Å². The Morgan fingerprint density at radius 3 is 2.37 bits per heavy atom. The third kappa shape index (κ3) is 3.50. The average molecular weight is 407 g/mol. The summed E-state index contributed by atoms with van der Waals surface area (Å²) in [6.45, 7) is 1.69.